The Morgan fingerprint density at radius 2 is 1.35 bits per heavy atom. The van der Waals surface area contributed by atoms with E-state index in [-0.39, 0.29) is 13.0 Å². The smallest absolute Gasteiger partial charge is 0.352 e. The largest absolute Gasteiger partial charge is 0.463 e. The van der Waals surface area contributed by atoms with Crippen LogP contribution in [-0.4, -0.2) is 59.1 Å². The van der Waals surface area contributed by atoms with E-state index in [4.69, 9.17) is 18.9 Å². The van der Waals surface area contributed by atoms with Crippen LogP contribution in [0.5, 0.6) is 0 Å². The highest BCUT2D eigenvalue weighted by Crippen LogP contribution is 2.23. The molecule has 0 heterocycles. The highest BCUT2D eigenvalue weighted by Gasteiger charge is 2.26. The molecule has 0 radical (unpaired) electrons. The maximum atomic E-state index is 12.6. The zero-order chi connectivity index (χ0) is 24.6. The molecule has 2 aromatic carbocycles. The lowest BCUT2D eigenvalue weighted by molar-refractivity contribution is -0.167. The Hall–Kier alpha value is -3.10. The summed E-state index contributed by atoms with van der Waals surface area (Å²) in [6.45, 7) is 4.87. The second-order valence-corrected chi connectivity index (χ2v) is 7.66. The molecular weight excluding hydrogens is 436 g/mol. The summed E-state index contributed by atoms with van der Waals surface area (Å²) in [4.78, 5) is 25.1. The summed E-state index contributed by atoms with van der Waals surface area (Å²) in [5.41, 5.74) is 3.23. The summed E-state index contributed by atoms with van der Waals surface area (Å²) in [7, 11) is 3.35. The minimum atomic E-state index is -1.11. The third-order valence-corrected chi connectivity index (χ3v) is 4.97. The molecule has 2 rings (SSSR count). The molecule has 0 aliphatic carbocycles. The summed E-state index contributed by atoms with van der Waals surface area (Å²) < 4.78 is 20.8. The molecule has 1 atom stereocenters. The van der Waals surface area contributed by atoms with Crippen molar-refractivity contribution in [3.63, 3.8) is 0 Å². The Morgan fingerprint density at radius 3 is 1.85 bits per heavy atom. The monoisotopic (exact) mass is 472 g/mol. The number of carbonyl (C=O) groups is 2. The van der Waals surface area contributed by atoms with E-state index in [2.05, 4.69) is 10.6 Å². The van der Waals surface area contributed by atoms with Gasteiger partial charge in [-0.05, 0) is 49.6 Å². The number of ether oxygens (including phenoxy) is 4. The fraction of sp³-hybridized carbons (Fsp3) is 0.462. The summed E-state index contributed by atoms with van der Waals surface area (Å²) in [6, 6.07) is 14.8. The molecule has 0 fully saturated rings. The van der Waals surface area contributed by atoms with Gasteiger partial charge in [0.2, 0.25) is 6.10 Å². The first-order valence-corrected chi connectivity index (χ1v) is 11.6. The molecule has 8 nitrogen and oxygen atoms in total. The highest BCUT2D eigenvalue weighted by atomic mass is 16.6. The summed E-state index contributed by atoms with van der Waals surface area (Å²) in [5, 5.41) is 6.58. The van der Waals surface area contributed by atoms with Crippen molar-refractivity contribution in [1.29, 1.82) is 0 Å². The number of methoxy groups -OCH3 is 2. The van der Waals surface area contributed by atoms with E-state index in [0.29, 0.717) is 18.8 Å². The van der Waals surface area contributed by atoms with Gasteiger partial charge in [-0.1, -0.05) is 24.3 Å². The average molecular weight is 473 g/mol. The van der Waals surface area contributed by atoms with Gasteiger partial charge >= 0.3 is 11.9 Å². The third-order valence-electron chi connectivity index (χ3n) is 4.97. The molecule has 0 saturated heterocycles. The van der Waals surface area contributed by atoms with Crippen LogP contribution < -0.4 is 10.6 Å². The van der Waals surface area contributed by atoms with Gasteiger partial charge in [0, 0.05) is 57.5 Å². The first-order chi connectivity index (χ1) is 16.6. The molecule has 186 valence electrons. The van der Waals surface area contributed by atoms with E-state index in [1.54, 1.807) is 33.3 Å². The van der Waals surface area contributed by atoms with Crippen LogP contribution in [0.2, 0.25) is 0 Å². The Labute approximate surface area is 201 Å². The zero-order valence-corrected chi connectivity index (χ0v) is 20.3. The van der Waals surface area contributed by atoms with Gasteiger partial charge < -0.3 is 29.6 Å². The number of rotatable bonds is 16. The lowest BCUT2D eigenvalue weighted by atomic mass is 10.1. The van der Waals surface area contributed by atoms with Gasteiger partial charge in [0.05, 0.1) is 13.0 Å². The van der Waals surface area contributed by atoms with Gasteiger partial charge in [0.25, 0.3) is 0 Å². The van der Waals surface area contributed by atoms with Crippen LogP contribution >= 0.6 is 0 Å². The van der Waals surface area contributed by atoms with Gasteiger partial charge in [-0.15, -0.1) is 0 Å². The third kappa shape index (κ3) is 9.80. The zero-order valence-electron chi connectivity index (χ0n) is 20.3. The van der Waals surface area contributed by atoms with Crippen LogP contribution in [0.1, 0.15) is 37.0 Å². The van der Waals surface area contributed by atoms with E-state index >= 15 is 0 Å². The van der Waals surface area contributed by atoms with Gasteiger partial charge in [-0.25, -0.2) is 4.79 Å². The Morgan fingerprint density at radius 1 is 0.824 bits per heavy atom. The van der Waals surface area contributed by atoms with Crippen molar-refractivity contribution in [2.75, 3.05) is 57.8 Å². The van der Waals surface area contributed by atoms with Gasteiger partial charge in [0.15, 0.2) is 0 Å². The molecule has 0 aliphatic heterocycles. The van der Waals surface area contributed by atoms with E-state index in [9.17, 15) is 9.59 Å². The fourth-order valence-electron chi connectivity index (χ4n) is 3.22. The standard InChI is InChI=1S/C26H36N2O6/c1-4-33-26(30)25(21-9-13-23(14-10-21)28-16-6-18-32-3)34-24(29)19-20-7-11-22(12-8-20)27-15-5-17-31-2/h7-14,25,27-28H,4-6,15-19H2,1-3H3. The van der Waals surface area contributed by atoms with Crippen molar-refractivity contribution >= 4 is 23.3 Å². The molecule has 0 aromatic heterocycles. The molecule has 1 unspecified atom stereocenters. The van der Waals surface area contributed by atoms with Crippen LogP contribution in [-0.2, 0) is 35.0 Å². The number of nitrogens with one attached hydrogen (secondary N) is 2. The van der Waals surface area contributed by atoms with Gasteiger partial charge in [-0.3, -0.25) is 4.79 Å². The lowest BCUT2D eigenvalue weighted by Crippen LogP contribution is -2.23. The van der Waals surface area contributed by atoms with Crippen LogP contribution in [0.4, 0.5) is 11.4 Å². The molecule has 8 heteroatoms. The maximum absolute atomic E-state index is 12.6. The quantitative estimate of drug-likeness (QED) is 0.280. The highest BCUT2D eigenvalue weighted by molar-refractivity contribution is 5.81. The minimum absolute atomic E-state index is 0.0546. The van der Waals surface area contributed by atoms with Crippen LogP contribution in [0.3, 0.4) is 0 Å². The molecule has 0 bridgehead atoms. The minimum Gasteiger partial charge on any atom is -0.463 e. The van der Waals surface area contributed by atoms with Gasteiger partial charge in [0.1, 0.15) is 0 Å². The molecule has 2 aromatic rings. The fourth-order valence-corrected chi connectivity index (χ4v) is 3.22. The Bertz CT molecular complexity index is 855. The second-order valence-electron chi connectivity index (χ2n) is 7.66. The van der Waals surface area contributed by atoms with Crippen molar-refractivity contribution in [2.24, 2.45) is 0 Å². The van der Waals surface area contributed by atoms with Crippen molar-refractivity contribution < 1.29 is 28.5 Å². The number of carbonyl (C=O) groups excluding carboxylic acids is 2. The van der Waals surface area contributed by atoms with Gasteiger partial charge in [-0.2, -0.15) is 0 Å². The molecule has 2 N–H and O–H groups in total. The summed E-state index contributed by atoms with van der Waals surface area (Å²) >= 11 is 0. The number of esters is 2. The second kappa shape index (κ2) is 15.7. The Balaban J connectivity index is 1.95. The molecule has 0 aliphatic rings. The molecule has 0 spiro atoms. The molecule has 0 saturated carbocycles. The predicted molar refractivity (Wildman–Crippen MR) is 132 cm³/mol. The predicted octanol–water partition coefficient (Wildman–Crippen LogP) is 3.97. The molecule has 0 amide bonds. The van der Waals surface area contributed by atoms with Crippen LogP contribution in [0.25, 0.3) is 0 Å². The molecule has 34 heavy (non-hydrogen) atoms. The number of hydrogen-bond donors (Lipinski definition) is 2. The normalized spacial score (nSPS) is 11.5. The average Bonchev–Trinajstić information content (AvgIpc) is 2.85. The van der Waals surface area contributed by atoms with E-state index in [1.807, 2.05) is 36.4 Å². The maximum Gasteiger partial charge on any atom is 0.352 e. The van der Waals surface area contributed by atoms with E-state index in [1.165, 1.54) is 0 Å². The first-order valence-electron chi connectivity index (χ1n) is 11.6. The topological polar surface area (TPSA) is 95.1 Å². The number of benzene rings is 2. The SMILES string of the molecule is CCOC(=O)C(OC(=O)Cc1ccc(NCCCOC)cc1)c1ccc(NCCCOC)cc1. The van der Waals surface area contributed by atoms with E-state index in [0.717, 1.165) is 42.9 Å². The first kappa shape index (κ1) is 27.1. The van der Waals surface area contributed by atoms with Crippen molar-refractivity contribution in [2.45, 2.75) is 32.3 Å². The van der Waals surface area contributed by atoms with Crippen molar-refractivity contribution in [1.82, 2.24) is 0 Å². The van der Waals surface area contributed by atoms with Crippen molar-refractivity contribution in [3.8, 4) is 0 Å². The number of anilines is 2. The summed E-state index contributed by atoms with van der Waals surface area (Å²) in [5.74, 6) is -1.09. The number of hydrogen-bond acceptors (Lipinski definition) is 8. The lowest BCUT2D eigenvalue weighted by Gasteiger charge is -2.17. The van der Waals surface area contributed by atoms with Crippen LogP contribution in [0, 0.1) is 0 Å². The van der Waals surface area contributed by atoms with E-state index < -0.39 is 18.0 Å². The van der Waals surface area contributed by atoms with Crippen molar-refractivity contribution in [3.05, 3.63) is 59.7 Å². The van der Waals surface area contributed by atoms with Crippen LogP contribution in [0.15, 0.2) is 48.5 Å². The summed E-state index contributed by atoms with van der Waals surface area (Å²) in [6.07, 6.45) is 0.729. The molecular formula is C26H36N2O6. The Kier molecular flexibility index (Phi) is 12.5.